The van der Waals surface area contributed by atoms with Crippen LogP contribution in [0.25, 0.3) is 0 Å². The molecule has 0 fully saturated rings. The van der Waals surface area contributed by atoms with Gasteiger partial charge in [-0.15, -0.1) is 12.4 Å². The Hall–Kier alpha value is -1.55. The number of halogens is 1. The number of benzene rings is 1. The van der Waals surface area contributed by atoms with E-state index in [0.717, 1.165) is 11.4 Å². The summed E-state index contributed by atoms with van der Waals surface area (Å²) in [5.41, 5.74) is 1.10. The number of aliphatic imine (C=N–C) groups is 1. The van der Waals surface area contributed by atoms with Gasteiger partial charge in [-0.05, 0) is 5.56 Å². The van der Waals surface area contributed by atoms with E-state index in [4.69, 9.17) is 4.84 Å². The molecule has 1 aromatic carbocycles. The minimum absolute atomic E-state index is 0. The van der Waals surface area contributed by atoms with Gasteiger partial charge < -0.3 is 9.74 Å². The molecule has 0 saturated heterocycles. The lowest BCUT2D eigenvalue weighted by Crippen LogP contribution is -2.23. The molecule has 0 aliphatic carbocycles. The molecule has 1 rings (SSSR count). The van der Waals surface area contributed by atoms with E-state index in [1.54, 1.807) is 13.3 Å². The average molecular weight is 256 g/mol. The second kappa shape index (κ2) is 8.58. The predicted molar refractivity (Wildman–Crippen MR) is 74.0 cm³/mol. The Bertz CT molecular complexity index is 363. The van der Waals surface area contributed by atoms with Gasteiger partial charge in [-0.2, -0.15) is 0 Å². The Morgan fingerprint density at radius 2 is 1.94 bits per heavy atom. The molecule has 0 radical (unpaired) electrons. The predicted octanol–water partition coefficient (Wildman–Crippen LogP) is 2.20. The molecule has 0 spiro atoms. The number of oxime groups is 1. The molecule has 4 nitrogen and oxygen atoms in total. The topological polar surface area (TPSA) is 37.2 Å². The van der Waals surface area contributed by atoms with Gasteiger partial charge >= 0.3 is 0 Å². The minimum atomic E-state index is 0. The van der Waals surface area contributed by atoms with E-state index in [0.29, 0.717) is 6.61 Å². The van der Waals surface area contributed by atoms with Gasteiger partial charge in [0, 0.05) is 21.1 Å². The van der Waals surface area contributed by atoms with Crippen molar-refractivity contribution in [2.24, 2.45) is 10.1 Å². The number of amidine groups is 1. The first-order chi connectivity index (χ1) is 7.74. The molecule has 0 atom stereocenters. The van der Waals surface area contributed by atoms with Crippen LogP contribution in [-0.2, 0) is 11.4 Å². The summed E-state index contributed by atoms with van der Waals surface area (Å²) in [6, 6.07) is 9.91. The minimum Gasteiger partial charge on any atom is -0.391 e. The molecular formula is C12H18ClN3O. The first-order valence-electron chi connectivity index (χ1n) is 5.07. The van der Waals surface area contributed by atoms with Gasteiger partial charge in [-0.1, -0.05) is 35.5 Å². The van der Waals surface area contributed by atoms with E-state index in [-0.39, 0.29) is 12.4 Å². The van der Waals surface area contributed by atoms with Crippen molar-refractivity contribution in [3.63, 3.8) is 0 Å². The first kappa shape index (κ1) is 15.5. The largest absolute Gasteiger partial charge is 0.391 e. The molecule has 94 valence electrons. The summed E-state index contributed by atoms with van der Waals surface area (Å²) >= 11 is 0. The summed E-state index contributed by atoms with van der Waals surface area (Å²) in [5.74, 6) is 0.771. The van der Waals surface area contributed by atoms with E-state index in [9.17, 15) is 0 Å². The smallest absolute Gasteiger partial charge is 0.144 e. The van der Waals surface area contributed by atoms with E-state index >= 15 is 0 Å². The Labute approximate surface area is 108 Å². The number of nitrogens with zero attached hydrogens (tertiary/aromatic N) is 3. The quantitative estimate of drug-likeness (QED) is 0.470. The highest BCUT2D eigenvalue weighted by Crippen LogP contribution is 2.00. The van der Waals surface area contributed by atoms with E-state index in [1.807, 2.05) is 49.3 Å². The van der Waals surface area contributed by atoms with Gasteiger partial charge in [0.15, 0.2) is 0 Å². The Kier molecular flexibility index (Phi) is 7.80. The standard InChI is InChI=1S/C12H17N3O.ClH/c1-13-12(15(2)3)9-14-16-10-11-7-5-4-6-8-11;/h4-9H,10H2,1-3H3;1H/b13-12?,14-9+;. The highest BCUT2D eigenvalue weighted by molar-refractivity contribution is 6.28. The van der Waals surface area contributed by atoms with Gasteiger partial charge in [-0.3, -0.25) is 4.99 Å². The molecule has 0 aliphatic rings. The Morgan fingerprint density at radius 3 is 2.47 bits per heavy atom. The van der Waals surface area contributed by atoms with Crippen LogP contribution in [0.15, 0.2) is 40.5 Å². The van der Waals surface area contributed by atoms with Crippen LogP contribution in [0, 0.1) is 0 Å². The van der Waals surface area contributed by atoms with Crippen molar-refractivity contribution in [1.29, 1.82) is 0 Å². The highest BCUT2D eigenvalue weighted by Gasteiger charge is 1.95. The Balaban J connectivity index is 0.00000256. The molecule has 0 N–H and O–H groups in total. The zero-order valence-corrected chi connectivity index (χ0v) is 11.1. The zero-order chi connectivity index (χ0) is 11.8. The van der Waals surface area contributed by atoms with Gasteiger partial charge in [0.05, 0.1) is 0 Å². The number of hydrogen-bond acceptors (Lipinski definition) is 3. The van der Waals surface area contributed by atoms with Crippen molar-refractivity contribution >= 4 is 24.5 Å². The van der Waals surface area contributed by atoms with Crippen LogP contribution in [0.5, 0.6) is 0 Å². The second-order valence-electron chi connectivity index (χ2n) is 3.47. The normalized spacial score (nSPS) is 11.1. The maximum absolute atomic E-state index is 5.16. The fraction of sp³-hybridized carbons (Fsp3) is 0.333. The fourth-order valence-corrected chi connectivity index (χ4v) is 1.14. The van der Waals surface area contributed by atoms with Crippen LogP contribution >= 0.6 is 12.4 Å². The van der Waals surface area contributed by atoms with Crippen molar-refractivity contribution in [2.75, 3.05) is 21.1 Å². The van der Waals surface area contributed by atoms with Crippen LogP contribution in [0.4, 0.5) is 0 Å². The lowest BCUT2D eigenvalue weighted by atomic mass is 10.2. The summed E-state index contributed by atoms with van der Waals surface area (Å²) in [6.07, 6.45) is 1.60. The molecule has 5 heteroatoms. The first-order valence-corrected chi connectivity index (χ1v) is 5.07. The van der Waals surface area contributed by atoms with Crippen molar-refractivity contribution in [1.82, 2.24) is 4.90 Å². The third kappa shape index (κ3) is 5.92. The molecular weight excluding hydrogens is 238 g/mol. The fourth-order valence-electron chi connectivity index (χ4n) is 1.14. The van der Waals surface area contributed by atoms with Crippen molar-refractivity contribution in [2.45, 2.75) is 6.61 Å². The van der Waals surface area contributed by atoms with Crippen molar-refractivity contribution < 1.29 is 4.84 Å². The summed E-state index contributed by atoms with van der Waals surface area (Å²) in [7, 11) is 5.54. The second-order valence-corrected chi connectivity index (χ2v) is 3.47. The van der Waals surface area contributed by atoms with E-state index in [1.165, 1.54) is 0 Å². The molecule has 0 bridgehead atoms. The van der Waals surface area contributed by atoms with Crippen molar-refractivity contribution in [3.8, 4) is 0 Å². The van der Waals surface area contributed by atoms with Crippen molar-refractivity contribution in [3.05, 3.63) is 35.9 Å². The molecule has 0 saturated carbocycles. The van der Waals surface area contributed by atoms with Gasteiger partial charge in [0.25, 0.3) is 0 Å². The third-order valence-corrected chi connectivity index (χ3v) is 2.00. The lowest BCUT2D eigenvalue weighted by Gasteiger charge is -2.09. The summed E-state index contributed by atoms with van der Waals surface area (Å²) in [4.78, 5) is 11.1. The summed E-state index contributed by atoms with van der Waals surface area (Å²) in [6.45, 7) is 0.474. The molecule has 1 aromatic rings. The maximum Gasteiger partial charge on any atom is 0.144 e. The van der Waals surface area contributed by atoms with Gasteiger partial charge in [0.2, 0.25) is 0 Å². The number of rotatable bonds is 4. The van der Waals surface area contributed by atoms with Gasteiger partial charge in [0.1, 0.15) is 18.7 Å². The molecule has 0 amide bonds. The molecule has 0 heterocycles. The molecule has 0 unspecified atom stereocenters. The molecule has 17 heavy (non-hydrogen) atoms. The van der Waals surface area contributed by atoms with Crippen LogP contribution in [0.2, 0.25) is 0 Å². The van der Waals surface area contributed by atoms with Gasteiger partial charge in [-0.25, -0.2) is 0 Å². The van der Waals surface area contributed by atoms with E-state index in [2.05, 4.69) is 10.1 Å². The monoisotopic (exact) mass is 255 g/mol. The Morgan fingerprint density at radius 1 is 1.29 bits per heavy atom. The zero-order valence-electron chi connectivity index (χ0n) is 10.3. The average Bonchev–Trinajstić information content (AvgIpc) is 2.30. The number of hydrogen-bond donors (Lipinski definition) is 0. The summed E-state index contributed by atoms with van der Waals surface area (Å²) < 4.78 is 0. The van der Waals surface area contributed by atoms with Crippen LogP contribution in [0.3, 0.4) is 0 Å². The van der Waals surface area contributed by atoms with E-state index < -0.39 is 0 Å². The maximum atomic E-state index is 5.16. The van der Waals surface area contributed by atoms with Crippen LogP contribution in [0.1, 0.15) is 5.56 Å². The lowest BCUT2D eigenvalue weighted by molar-refractivity contribution is 0.132. The molecule has 0 aromatic heterocycles. The summed E-state index contributed by atoms with van der Waals surface area (Å²) in [5, 5.41) is 3.86. The highest BCUT2D eigenvalue weighted by atomic mass is 35.5. The molecule has 0 aliphatic heterocycles. The van der Waals surface area contributed by atoms with Crippen LogP contribution < -0.4 is 0 Å². The third-order valence-electron chi connectivity index (χ3n) is 2.00. The SMILES string of the molecule is CN=C(/C=N/OCc1ccccc1)N(C)C.Cl. The van der Waals surface area contributed by atoms with Crippen LogP contribution in [-0.4, -0.2) is 38.1 Å².